The van der Waals surface area contributed by atoms with Gasteiger partial charge in [-0.25, -0.2) is 0 Å². The summed E-state index contributed by atoms with van der Waals surface area (Å²) in [6.45, 7) is 0.786. The normalized spacial score (nSPS) is 18.4. The van der Waals surface area contributed by atoms with Crippen LogP contribution in [0.15, 0.2) is 70.2 Å². The van der Waals surface area contributed by atoms with Crippen LogP contribution in [0.3, 0.4) is 0 Å². The van der Waals surface area contributed by atoms with Crippen LogP contribution in [0.5, 0.6) is 11.5 Å². The molecule has 2 saturated carbocycles. The third kappa shape index (κ3) is 6.38. The highest BCUT2D eigenvalue weighted by Crippen LogP contribution is 2.42. The van der Waals surface area contributed by atoms with Crippen LogP contribution in [-0.2, 0) is 14.1 Å². The molecule has 6 heterocycles. The Balaban J connectivity index is 0.000000138. The Morgan fingerprint density at radius 1 is 0.673 bits per heavy atom. The third-order valence-electron chi connectivity index (χ3n) is 9.39. The molecule has 6 aromatic rings. The summed E-state index contributed by atoms with van der Waals surface area (Å²) in [7, 11) is 3.55. The summed E-state index contributed by atoms with van der Waals surface area (Å²) in [6, 6.07) is 11.1. The van der Waals surface area contributed by atoms with E-state index in [4.69, 9.17) is 18.5 Å². The van der Waals surface area contributed by atoms with Crippen molar-refractivity contribution >= 4 is 11.8 Å². The molecule has 0 bridgehead atoms. The maximum absolute atomic E-state index is 12.3. The van der Waals surface area contributed by atoms with Gasteiger partial charge in [0.05, 0.1) is 35.6 Å². The van der Waals surface area contributed by atoms with E-state index >= 15 is 0 Å². The van der Waals surface area contributed by atoms with E-state index in [9.17, 15) is 9.59 Å². The van der Waals surface area contributed by atoms with E-state index in [0.29, 0.717) is 59.6 Å². The highest BCUT2D eigenvalue weighted by molar-refractivity contribution is 5.94. The summed E-state index contributed by atoms with van der Waals surface area (Å²) in [5, 5.41) is 22.1. The van der Waals surface area contributed by atoms with Crippen LogP contribution in [0.4, 0.5) is 0 Å². The van der Waals surface area contributed by atoms with Crippen LogP contribution in [0.1, 0.15) is 93.2 Å². The van der Waals surface area contributed by atoms with Crippen molar-refractivity contribution in [2.45, 2.75) is 49.6 Å². The number of rotatable bonds is 8. The average molecular weight is 703 g/mol. The van der Waals surface area contributed by atoms with Gasteiger partial charge in [-0.05, 0) is 37.8 Å². The fourth-order valence-electron chi connectivity index (χ4n) is 6.19. The van der Waals surface area contributed by atoms with E-state index in [1.165, 1.54) is 0 Å². The predicted octanol–water partition coefficient (Wildman–Crippen LogP) is 4.42. The molecule has 2 N–H and O–H groups in total. The van der Waals surface area contributed by atoms with Gasteiger partial charge in [-0.2, -0.15) is 20.2 Å². The van der Waals surface area contributed by atoms with Gasteiger partial charge in [0.15, 0.2) is 0 Å². The number of carbonyl (C=O) groups is 2. The molecule has 4 aliphatic rings. The number of hydrogen-bond acceptors (Lipinski definition) is 12. The van der Waals surface area contributed by atoms with Gasteiger partial charge in [-0.1, -0.05) is 34.6 Å². The minimum Gasteiger partial charge on any atom is -0.491 e. The Labute approximate surface area is 296 Å². The first-order chi connectivity index (χ1) is 25.3. The summed E-state index contributed by atoms with van der Waals surface area (Å²) >= 11 is 0. The topological polar surface area (TPSA) is 190 Å². The summed E-state index contributed by atoms with van der Waals surface area (Å²) in [6.07, 6.45) is 10.9. The van der Waals surface area contributed by atoms with Gasteiger partial charge in [0, 0.05) is 60.6 Å². The maximum Gasteiger partial charge on any atom is 0.255 e. The molecule has 2 fully saturated rings. The van der Waals surface area contributed by atoms with Crippen LogP contribution in [0, 0.1) is 0 Å². The molecule has 16 heteroatoms. The van der Waals surface area contributed by atoms with Crippen molar-refractivity contribution in [2.24, 2.45) is 14.1 Å². The number of nitrogens with zero attached hydrogens (tertiary/aromatic N) is 8. The highest BCUT2D eigenvalue weighted by Gasteiger charge is 2.32. The molecule has 52 heavy (non-hydrogen) atoms. The number of nitrogens with one attached hydrogen (secondary N) is 2. The lowest BCUT2D eigenvalue weighted by molar-refractivity contribution is 0.0922. The fraction of sp³-hybridized carbons (Fsp3) is 0.333. The molecule has 2 aliphatic heterocycles. The second-order valence-electron chi connectivity index (χ2n) is 13.4. The standard InChI is InChI=1S/2C18H17N5O3/c2*1-23-8-12(7-19-23)17(24)20-14-9-25-15-6-11(4-5-13(14)15)16-21-18(26-22-16)10-2-3-10/h2*4-8,10,14H,2-3,9H2,1H3,(H,20,24)/t14-;/m1./s1. The lowest BCUT2D eigenvalue weighted by Gasteiger charge is -2.10. The Morgan fingerprint density at radius 2 is 1.12 bits per heavy atom. The molecule has 264 valence electrons. The van der Waals surface area contributed by atoms with Crippen molar-refractivity contribution in [1.29, 1.82) is 0 Å². The SMILES string of the molecule is Cn1cc(C(=O)NC2COc3cc(-c4noc(C5CC5)n4)ccc32)cn1.Cn1cc(C(=O)N[C@@H]2COc3cc(-c4noc(C5CC5)n4)ccc32)cn1. The van der Waals surface area contributed by atoms with Gasteiger partial charge < -0.3 is 29.2 Å². The molecule has 10 rings (SSSR count). The van der Waals surface area contributed by atoms with Crippen molar-refractivity contribution < 1.29 is 28.1 Å². The second kappa shape index (κ2) is 12.8. The Kier molecular flexibility index (Phi) is 7.78. The molecule has 1 unspecified atom stereocenters. The minimum absolute atomic E-state index is 0.170. The minimum atomic E-state index is -0.195. The van der Waals surface area contributed by atoms with Crippen LogP contribution >= 0.6 is 0 Å². The maximum atomic E-state index is 12.3. The molecule has 0 radical (unpaired) electrons. The summed E-state index contributed by atoms with van der Waals surface area (Å²) in [5.74, 6) is 4.54. The van der Waals surface area contributed by atoms with Crippen molar-refractivity contribution in [2.75, 3.05) is 13.2 Å². The van der Waals surface area contributed by atoms with Gasteiger partial charge in [-0.15, -0.1) is 0 Å². The highest BCUT2D eigenvalue weighted by atomic mass is 16.5. The van der Waals surface area contributed by atoms with Gasteiger partial charge >= 0.3 is 0 Å². The van der Waals surface area contributed by atoms with Crippen molar-refractivity contribution in [3.8, 4) is 34.3 Å². The van der Waals surface area contributed by atoms with Crippen molar-refractivity contribution in [3.05, 3.63) is 95.2 Å². The number of aryl methyl sites for hydroxylation is 2. The van der Waals surface area contributed by atoms with Crippen molar-refractivity contribution in [3.63, 3.8) is 0 Å². The lowest BCUT2D eigenvalue weighted by Crippen LogP contribution is -2.29. The van der Waals surface area contributed by atoms with Gasteiger partial charge in [-0.3, -0.25) is 19.0 Å². The quantitative estimate of drug-likeness (QED) is 0.227. The Morgan fingerprint density at radius 3 is 1.50 bits per heavy atom. The molecular weight excluding hydrogens is 668 g/mol. The largest absolute Gasteiger partial charge is 0.491 e. The summed E-state index contributed by atoms with van der Waals surface area (Å²) in [5.41, 5.74) is 4.63. The van der Waals surface area contributed by atoms with E-state index < -0.39 is 0 Å². The first-order valence-electron chi connectivity index (χ1n) is 17.1. The van der Waals surface area contributed by atoms with E-state index in [0.717, 1.165) is 59.4 Å². The number of carbonyl (C=O) groups excluding carboxylic acids is 2. The number of fused-ring (bicyclic) bond motifs is 2. The molecule has 16 nitrogen and oxygen atoms in total. The summed E-state index contributed by atoms with van der Waals surface area (Å²) < 4.78 is 25.4. The van der Waals surface area contributed by atoms with Gasteiger partial charge in [0.1, 0.15) is 24.7 Å². The zero-order chi connectivity index (χ0) is 35.3. The number of aromatic nitrogens is 8. The van der Waals surface area contributed by atoms with Gasteiger partial charge in [0.2, 0.25) is 23.4 Å². The first-order valence-corrected chi connectivity index (χ1v) is 17.1. The smallest absolute Gasteiger partial charge is 0.255 e. The lowest BCUT2D eigenvalue weighted by atomic mass is 10.1. The number of amides is 2. The number of ether oxygens (including phenoxy) is 2. The van der Waals surface area contributed by atoms with E-state index in [2.05, 4.69) is 41.1 Å². The molecule has 2 amide bonds. The molecule has 2 aliphatic carbocycles. The van der Waals surface area contributed by atoms with E-state index in [-0.39, 0.29) is 23.9 Å². The van der Waals surface area contributed by atoms with E-state index in [1.807, 2.05) is 36.4 Å². The summed E-state index contributed by atoms with van der Waals surface area (Å²) in [4.78, 5) is 33.6. The van der Waals surface area contributed by atoms with Crippen molar-refractivity contribution in [1.82, 2.24) is 50.5 Å². The van der Waals surface area contributed by atoms with Gasteiger partial charge in [0.25, 0.3) is 11.8 Å². The molecule has 2 atom stereocenters. The molecule has 4 aromatic heterocycles. The first kappa shape index (κ1) is 31.6. The number of benzene rings is 2. The molecule has 2 aromatic carbocycles. The molecule has 0 saturated heterocycles. The Hall–Kier alpha value is -6.32. The third-order valence-corrected chi connectivity index (χ3v) is 9.39. The van der Waals surface area contributed by atoms with Crippen LogP contribution in [-0.4, -0.2) is 64.9 Å². The van der Waals surface area contributed by atoms with Crippen LogP contribution in [0.25, 0.3) is 22.8 Å². The zero-order valence-electron chi connectivity index (χ0n) is 28.4. The predicted molar refractivity (Wildman–Crippen MR) is 181 cm³/mol. The second-order valence-corrected chi connectivity index (χ2v) is 13.4. The van der Waals surface area contributed by atoms with E-state index in [1.54, 1.807) is 48.2 Å². The average Bonchev–Trinajstić information content (AvgIpc) is 3.69. The van der Waals surface area contributed by atoms with Crippen LogP contribution < -0.4 is 20.1 Å². The Bertz CT molecular complexity index is 2140. The number of hydrogen-bond donors (Lipinski definition) is 2. The van der Waals surface area contributed by atoms with Crippen LogP contribution in [0.2, 0.25) is 0 Å². The zero-order valence-corrected chi connectivity index (χ0v) is 28.4. The fourth-order valence-corrected chi connectivity index (χ4v) is 6.19. The molecular formula is C36H34N10O6. The monoisotopic (exact) mass is 702 g/mol. The molecule has 0 spiro atoms.